The Morgan fingerprint density at radius 2 is 1.95 bits per heavy atom. The van der Waals surface area contributed by atoms with Crippen LogP contribution in [0.2, 0.25) is 0 Å². The van der Waals surface area contributed by atoms with E-state index in [1.165, 1.54) is 12.4 Å². The third kappa shape index (κ3) is 2.88. The summed E-state index contributed by atoms with van der Waals surface area (Å²) in [6.45, 7) is 0. The Balaban J connectivity index is 2.44. The van der Waals surface area contributed by atoms with Crippen LogP contribution >= 0.6 is 0 Å². The lowest BCUT2D eigenvalue weighted by Crippen LogP contribution is -2.15. The summed E-state index contributed by atoms with van der Waals surface area (Å²) in [6.07, 6.45) is 2.43. The second-order valence-corrected chi connectivity index (χ2v) is 3.72. The van der Waals surface area contributed by atoms with E-state index in [1.807, 2.05) is 0 Å². The molecular formula is C11H7F2N5O3. The van der Waals surface area contributed by atoms with Gasteiger partial charge in [-0.2, -0.15) is 4.39 Å². The van der Waals surface area contributed by atoms with E-state index in [-0.39, 0.29) is 11.6 Å². The molecule has 2 aromatic rings. The lowest BCUT2D eigenvalue weighted by Gasteiger charge is -2.08. The molecule has 0 saturated heterocycles. The summed E-state index contributed by atoms with van der Waals surface area (Å²) in [7, 11) is 0. The third-order valence-electron chi connectivity index (χ3n) is 2.32. The van der Waals surface area contributed by atoms with Crippen molar-refractivity contribution in [1.82, 2.24) is 9.97 Å². The largest absolute Gasteiger partial charge is 0.434 e. The van der Waals surface area contributed by atoms with Crippen molar-refractivity contribution in [3.8, 4) is 11.6 Å². The van der Waals surface area contributed by atoms with Gasteiger partial charge in [-0.25, -0.2) is 14.4 Å². The summed E-state index contributed by atoms with van der Waals surface area (Å²) in [5, 5.41) is 17.7. The van der Waals surface area contributed by atoms with Gasteiger partial charge in [0.05, 0.1) is 11.0 Å². The number of nitrogens with one attached hydrogen (secondary N) is 1. The first-order chi connectivity index (χ1) is 9.90. The summed E-state index contributed by atoms with van der Waals surface area (Å²) in [5.41, 5.74) is 4.05. The molecule has 2 rings (SSSR count). The minimum absolute atomic E-state index is 0.171. The van der Waals surface area contributed by atoms with Gasteiger partial charge in [-0.15, -0.1) is 0 Å². The fraction of sp³-hybridized carbons (Fsp3) is 0. The maximum atomic E-state index is 13.7. The van der Waals surface area contributed by atoms with E-state index < -0.39 is 33.8 Å². The number of nitrogen functional groups attached to an aromatic ring is 1. The van der Waals surface area contributed by atoms with Crippen LogP contribution in [-0.4, -0.2) is 20.7 Å². The Hall–Kier alpha value is -3.17. The van der Waals surface area contributed by atoms with E-state index in [2.05, 4.69) is 9.97 Å². The van der Waals surface area contributed by atoms with Gasteiger partial charge in [0.15, 0.2) is 17.3 Å². The molecule has 3 N–H and O–H groups in total. The van der Waals surface area contributed by atoms with Crippen LogP contribution in [0.25, 0.3) is 0 Å². The zero-order valence-corrected chi connectivity index (χ0v) is 10.2. The SMILES string of the molecule is N=C(N)c1nccnc1Oc1cc(F)c([N+](=O)[O-])cc1F. The normalized spacial score (nSPS) is 10.2. The minimum Gasteiger partial charge on any atom is -0.434 e. The molecule has 0 spiro atoms. The first-order valence-electron chi connectivity index (χ1n) is 5.37. The summed E-state index contributed by atoms with van der Waals surface area (Å²) < 4.78 is 32.1. The maximum Gasteiger partial charge on any atom is 0.307 e. The molecule has 0 atom stereocenters. The number of hydrogen-bond donors (Lipinski definition) is 2. The van der Waals surface area contributed by atoms with Crippen LogP contribution in [0.1, 0.15) is 5.69 Å². The molecular weight excluding hydrogens is 288 g/mol. The van der Waals surface area contributed by atoms with E-state index in [4.69, 9.17) is 15.9 Å². The van der Waals surface area contributed by atoms with Crippen LogP contribution in [-0.2, 0) is 0 Å². The van der Waals surface area contributed by atoms with E-state index in [0.717, 1.165) is 0 Å². The predicted molar refractivity (Wildman–Crippen MR) is 66.1 cm³/mol. The van der Waals surface area contributed by atoms with Crippen molar-refractivity contribution >= 4 is 11.5 Å². The van der Waals surface area contributed by atoms with Crippen molar-refractivity contribution in [1.29, 1.82) is 5.41 Å². The molecule has 10 heteroatoms. The smallest absolute Gasteiger partial charge is 0.307 e. The van der Waals surface area contributed by atoms with Crippen LogP contribution in [0.15, 0.2) is 24.5 Å². The maximum absolute atomic E-state index is 13.7. The summed E-state index contributed by atoms with van der Waals surface area (Å²) >= 11 is 0. The Kier molecular flexibility index (Phi) is 3.69. The van der Waals surface area contributed by atoms with Crippen LogP contribution in [0.5, 0.6) is 11.6 Å². The van der Waals surface area contributed by atoms with Crippen molar-refractivity contribution in [2.24, 2.45) is 5.73 Å². The molecule has 21 heavy (non-hydrogen) atoms. The first kappa shape index (κ1) is 14.2. The highest BCUT2D eigenvalue weighted by molar-refractivity contribution is 5.95. The van der Waals surface area contributed by atoms with Gasteiger partial charge in [0.2, 0.25) is 11.7 Å². The molecule has 0 aliphatic carbocycles. The highest BCUT2D eigenvalue weighted by Crippen LogP contribution is 2.29. The van der Waals surface area contributed by atoms with E-state index in [1.54, 1.807) is 0 Å². The van der Waals surface area contributed by atoms with Crippen molar-refractivity contribution in [2.75, 3.05) is 0 Å². The molecule has 1 aromatic carbocycles. The highest BCUT2D eigenvalue weighted by atomic mass is 19.1. The van der Waals surface area contributed by atoms with Gasteiger partial charge in [-0.3, -0.25) is 15.5 Å². The zero-order valence-electron chi connectivity index (χ0n) is 10.2. The summed E-state index contributed by atoms with van der Waals surface area (Å²) in [5.74, 6) is -3.88. The first-order valence-corrected chi connectivity index (χ1v) is 5.37. The number of benzene rings is 1. The zero-order chi connectivity index (χ0) is 15.6. The molecule has 0 aliphatic rings. The number of nitro groups is 1. The number of hydrogen-bond acceptors (Lipinski definition) is 6. The molecule has 0 unspecified atom stereocenters. The van der Waals surface area contributed by atoms with Crippen LogP contribution in [0.3, 0.4) is 0 Å². The quantitative estimate of drug-likeness (QED) is 0.382. The van der Waals surface area contributed by atoms with Gasteiger partial charge in [0.1, 0.15) is 5.84 Å². The second kappa shape index (κ2) is 5.45. The number of ether oxygens (including phenoxy) is 1. The fourth-order valence-electron chi connectivity index (χ4n) is 1.43. The van der Waals surface area contributed by atoms with Gasteiger partial charge in [0, 0.05) is 18.5 Å². The lowest BCUT2D eigenvalue weighted by atomic mass is 10.3. The number of nitro benzene ring substituents is 1. The average Bonchev–Trinajstić information content (AvgIpc) is 2.42. The second-order valence-electron chi connectivity index (χ2n) is 3.72. The number of nitrogens with two attached hydrogens (primary N) is 1. The molecule has 0 bridgehead atoms. The number of aromatic nitrogens is 2. The monoisotopic (exact) mass is 295 g/mol. The van der Waals surface area contributed by atoms with Crippen LogP contribution in [0, 0.1) is 27.2 Å². The van der Waals surface area contributed by atoms with E-state index >= 15 is 0 Å². The average molecular weight is 295 g/mol. The number of amidine groups is 1. The molecule has 0 saturated carbocycles. The topological polar surface area (TPSA) is 128 Å². The molecule has 0 aliphatic heterocycles. The molecule has 0 fully saturated rings. The van der Waals surface area contributed by atoms with Gasteiger partial charge < -0.3 is 10.5 Å². The summed E-state index contributed by atoms with van der Waals surface area (Å²) in [4.78, 5) is 16.8. The molecule has 1 aromatic heterocycles. The third-order valence-corrected chi connectivity index (χ3v) is 2.32. The Bertz CT molecular complexity index is 738. The van der Waals surface area contributed by atoms with Crippen LogP contribution < -0.4 is 10.5 Å². The minimum atomic E-state index is -1.27. The van der Waals surface area contributed by atoms with Crippen LogP contribution in [0.4, 0.5) is 14.5 Å². The van der Waals surface area contributed by atoms with Gasteiger partial charge in [-0.1, -0.05) is 0 Å². The molecule has 0 radical (unpaired) electrons. The Morgan fingerprint density at radius 3 is 2.57 bits per heavy atom. The van der Waals surface area contributed by atoms with E-state index in [9.17, 15) is 18.9 Å². The molecule has 108 valence electrons. The number of halogens is 2. The molecule has 0 amide bonds. The highest BCUT2D eigenvalue weighted by Gasteiger charge is 2.21. The van der Waals surface area contributed by atoms with Gasteiger partial charge in [-0.05, 0) is 0 Å². The van der Waals surface area contributed by atoms with Gasteiger partial charge >= 0.3 is 5.69 Å². The summed E-state index contributed by atoms with van der Waals surface area (Å²) in [6, 6.07) is 0.889. The van der Waals surface area contributed by atoms with E-state index in [0.29, 0.717) is 12.1 Å². The fourth-order valence-corrected chi connectivity index (χ4v) is 1.43. The molecule has 1 heterocycles. The van der Waals surface area contributed by atoms with Crippen molar-refractivity contribution in [3.63, 3.8) is 0 Å². The number of nitrogens with zero attached hydrogens (tertiary/aromatic N) is 3. The lowest BCUT2D eigenvalue weighted by molar-refractivity contribution is -0.387. The standard InChI is InChI=1S/C11H7F2N5O3/c12-5-4-8(6(13)3-7(5)18(19)20)21-11-9(10(14)15)16-1-2-17-11/h1-4H,(H3,14,15). The Morgan fingerprint density at radius 1 is 1.29 bits per heavy atom. The van der Waals surface area contributed by atoms with Crippen molar-refractivity contribution in [3.05, 3.63) is 52.0 Å². The molecule has 8 nitrogen and oxygen atoms in total. The van der Waals surface area contributed by atoms with Gasteiger partial charge in [0.25, 0.3) is 0 Å². The van der Waals surface area contributed by atoms with Crippen molar-refractivity contribution < 1.29 is 18.4 Å². The Labute approximate surface area is 115 Å². The van der Waals surface area contributed by atoms with Crippen molar-refractivity contribution in [2.45, 2.75) is 0 Å². The number of rotatable bonds is 4. The predicted octanol–water partition coefficient (Wildman–Crippen LogP) is 1.74.